The van der Waals surface area contributed by atoms with E-state index in [0.717, 1.165) is 12.5 Å². The summed E-state index contributed by atoms with van der Waals surface area (Å²) < 4.78 is 5.57. The van der Waals surface area contributed by atoms with Crippen molar-refractivity contribution < 1.29 is 4.74 Å². The molecule has 2 heteroatoms. The van der Waals surface area contributed by atoms with Crippen LogP contribution in [0.15, 0.2) is 0 Å². The molecule has 0 spiro atoms. The van der Waals surface area contributed by atoms with Crippen LogP contribution in [0.25, 0.3) is 0 Å². The predicted molar refractivity (Wildman–Crippen MR) is 53.5 cm³/mol. The van der Waals surface area contributed by atoms with Crippen LogP contribution in [0.3, 0.4) is 0 Å². The molecule has 3 atom stereocenters. The summed E-state index contributed by atoms with van der Waals surface area (Å²) in [6.07, 6.45) is 7.11. The predicted octanol–water partition coefficient (Wildman–Crippen LogP) is 1.93. The van der Waals surface area contributed by atoms with E-state index in [9.17, 15) is 0 Å². The van der Waals surface area contributed by atoms with Gasteiger partial charge in [0.1, 0.15) is 0 Å². The van der Waals surface area contributed by atoms with Gasteiger partial charge in [-0.15, -0.1) is 0 Å². The van der Waals surface area contributed by atoms with Crippen LogP contribution in [-0.4, -0.2) is 18.8 Å². The molecule has 0 radical (unpaired) electrons. The molecule has 2 rings (SSSR count). The van der Waals surface area contributed by atoms with E-state index < -0.39 is 0 Å². The molecular weight excluding hydrogens is 162 g/mol. The highest BCUT2D eigenvalue weighted by Gasteiger charge is 2.33. The van der Waals surface area contributed by atoms with E-state index in [4.69, 9.17) is 10.5 Å². The van der Waals surface area contributed by atoms with Gasteiger partial charge in [0.2, 0.25) is 0 Å². The maximum absolute atomic E-state index is 6.27. The van der Waals surface area contributed by atoms with Crippen LogP contribution in [0, 0.1) is 11.8 Å². The van der Waals surface area contributed by atoms with Gasteiger partial charge < -0.3 is 10.5 Å². The van der Waals surface area contributed by atoms with E-state index >= 15 is 0 Å². The Morgan fingerprint density at radius 3 is 2.46 bits per heavy atom. The molecule has 76 valence electrons. The molecule has 1 aliphatic heterocycles. The van der Waals surface area contributed by atoms with Crippen LogP contribution < -0.4 is 5.73 Å². The quantitative estimate of drug-likeness (QED) is 0.710. The largest absolute Gasteiger partial charge is 0.378 e. The number of hydrogen-bond donors (Lipinski definition) is 1. The summed E-state index contributed by atoms with van der Waals surface area (Å²) in [5, 5.41) is 0. The van der Waals surface area contributed by atoms with E-state index in [2.05, 4.69) is 6.92 Å². The van der Waals surface area contributed by atoms with Crippen molar-refractivity contribution in [2.45, 2.75) is 51.2 Å². The monoisotopic (exact) mass is 183 g/mol. The molecule has 2 N–H and O–H groups in total. The number of nitrogens with two attached hydrogens (primary N) is 1. The lowest BCUT2D eigenvalue weighted by atomic mass is 9.86. The Bertz CT molecular complexity index is 165. The fourth-order valence-corrected chi connectivity index (χ4v) is 2.85. The summed E-state index contributed by atoms with van der Waals surface area (Å²) in [5.41, 5.74) is 6.27. The van der Waals surface area contributed by atoms with Crippen LogP contribution in [0.1, 0.15) is 39.0 Å². The van der Waals surface area contributed by atoms with Crippen LogP contribution >= 0.6 is 0 Å². The second-order valence-corrected chi connectivity index (χ2v) is 4.76. The Morgan fingerprint density at radius 1 is 1.23 bits per heavy atom. The molecule has 0 aromatic carbocycles. The molecule has 2 aliphatic rings. The van der Waals surface area contributed by atoms with Crippen molar-refractivity contribution in [2.24, 2.45) is 17.6 Å². The van der Waals surface area contributed by atoms with Crippen LogP contribution in [0.2, 0.25) is 0 Å². The Balaban J connectivity index is 1.85. The molecule has 1 aliphatic carbocycles. The molecular formula is C11H21NO. The minimum absolute atomic E-state index is 0.410. The topological polar surface area (TPSA) is 35.2 Å². The van der Waals surface area contributed by atoms with Gasteiger partial charge in [0.25, 0.3) is 0 Å². The first kappa shape index (κ1) is 9.47. The van der Waals surface area contributed by atoms with Crippen LogP contribution in [-0.2, 0) is 4.74 Å². The highest BCUT2D eigenvalue weighted by atomic mass is 16.5. The normalized spacial score (nSPS) is 38.3. The van der Waals surface area contributed by atoms with Gasteiger partial charge in [-0.2, -0.15) is 0 Å². The van der Waals surface area contributed by atoms with E-state index in [0.29, 0.717) is 18.1 Å². The third-order valence-corrected chi connectivity index (χ3v) is 3.72. The lowest BCUT2D eigenvalue weighted by Crippen LogP contribution is -2.36. The highest BCUT2D eigenvalue weighted by Crippen LogP contribution is 2.33. The summed E-state index contributed by atoms with van der Waals surface area (Å²) in [6.45, 7) is 3.06. The molecule has 0 aromatic heterocycles. The molecule has 1 saturated carbocycles. The van der Waals surface area contributed by atoms with Gasteiger partial charge in [-0.05, 0) is 32.1 Å². The Hall–Kier alpha value is -0.0800. The van der Waals surface area contributed by atoms with Gasteiger partial charge in [-0.3, -0.25) is 0 Å². The molecule has 1 heterocycles. The van der Waals surface area contributed by atoms with E-state index in [-0.39, 0.29) is 0 Å². The van der Waals surface area contributed by atoms with Gasteiger partial charge >= 0.3 is 0 Å². The molecule has 0 bridgehead atoms. The standard InChI is InChI=1S/C11H21NO/c1-8-6-10(7-13-8)11(12)9-4-2-3-5-9/h8-11H,2-7,12H2,1H3. The fourth-order valence-electron chi connectivity index (χ4n) is 2.85. The molecule has 1 saturated heterocycles. The summed E-state index contributed by atoms with van der Waals surface area (Å²) in [6, 6.07) is 0.410. The first-order valence-corrected chi connectivity index (χ1v) is 5.64. The lowest BCUT2D eigenvalue weighted by Gasteiger charge is -2.23. The molecule has 2 fully saturated rings. The first-order chi connectivity index (χ1) is 6.27. The maximum atomic E-state index is 6.27. The lowest BCUT2D eigenvalue weighted by molar-refractivity contribution is 0.116. The number of rotatable bonds is 2. The van der Waals surface area contributed by atoms with Crippen molar-refractivity contribution in [3.63, 3.8) is 0 Å². The van der Waals surface area contributed by atoms with Crippen molar-refractivity contribution in [3.05, 3.63) is 0 Å². The Morgan fingerprint density at radius 2 is 1.92 bits per heavy atom. The van der Waals surface area contributed by atoms with E-state index in [1.54, 1.807) is 0 Å². The average Bonchev–Trinajstić information content (AvgIpc) is 2.72. The summed E-state index contributed by atoms with van der Waals surface area (Å²) in [5.74, 6) is 1.43. The van der Waals surface area contributed by atoms with Crippen molar-refractivity contribution in [1.82, 2.24) is 0 Å². The third kappa shape index (κ3) is 2.05. The zero-order valence-electron chi connectivity index (χ0n) is 8.54. The molecule has 13 heavy (non-hydrogen) atoms. The van der Waals surface area contributed by atoms with E-state index in [1.807, 2.05) is 0 Å². The molecule has 0 aromatic rings. The van der Waals surface area contributed by atoms with Gasteiger partial charge in [0.05, 0.1) is 12.7 Å². The van der Waals surface area contributed by atoms with E-state index in [1.165, 1.54) is 32.1 Å². The Labute approximate surface area is 80.8 Å². The average molecular weight is 183 g/mol. The Kier molecular flexibility index (Phi) is 2.89. The maximum Gasteiger partial charge on any atom is 0.0551 e. The number of ether oxygens (including phenoxy) is 1. The van der Waals surface area contributed by atoms with Gasteiger partial charge in [-0.1, -0.05) is 12.8 Å². The SMILES string of the molecule is CC1CC(C(N)C2CCCC2)CO1. The fraction of sp³-hybridized carbons (Fsp3) is 1.00. The summed E-state index contributed by atoms with van der Waals surface area (Å²) in [4.78, 5) is 0. The van der Waals surface area contributed by atoms with Crippen LogP contribution in [0.5, 0.6) is 0 Å². The zero-order chi connectivity index (χ0) is 9.26. The van der Waals surface area contributed by atoms with Crippen molar-refractivity contribution in [2.75, 3.05) is 6.61 Å². The van der Waals surface area contributed by atoms with Crippen molar-refractivity contribution in [1.29, 1.82) is 0 Å². The minimum Gasteiger partial charge on any atom is -0.378 e. The second-order valence-electron chi connectivity index (χ2n) is 4.76. The minimum atomic E-state index is 0.410. The van der Waals surface area contributed by atoms with Crippen molar-refractivity contribution in [3.8, 4) is 0 Å². The van der Waals surface area contributed by atoms with Crippen LogP contribution in [0.4, 0.5) is 0 Å². The van der Waals surface area contributed by atoms with Gasteiger partial charge in [0, 0.05) is 12.0 Å². The van der Waals surface area contributed by atoms with Gasteiger partial charge in [0.15, 0.2) is 0 Å². The third-order valence-electron chi connectivity index (χ3n) is 3.72. The second kappa shape index (κ2) is 3.97. The number of hydrogen-bond acceptors (Lipinski definition) is 2. The zero-order valence-corrected chi connectivity index (χ0v) is 8.54. The molecule has 3 unspecified atom stereocenters. The summed E-state index contributed by atoms with van der Waals surface area (Å²) >= 11 is 0. The highest BCUT2D eigenvalue weighted by molar-refractivity contribution is 4.86. The van der Waals surface area contributed by atoms with Gasteiger partial charge in [-0.25, -0.2) is 0 Å². The molecule has 0 amide bonds. The molecule has 2 nitrogen and oxygen atoms in total. The smallest absolute Gasteiger partial charge is 0.0551 e. The summed E-state index contributed by atoms with van der Waals surface area (Å²) in [7, 11) is 0. The van der Waals surface area contributed by atoms with Crippen molar-refractivity contribution >= 4 is 0 Å². The first-order valence-electron chi connectivity index (χ1n) is 5.64.